The van der Waals surface area contributed by atoms with Crippen molar-refractivity contribution in [3.63, 3.8) is 0 Å². The second-order valence-electron chi connectivity index (χ2n) is 6.94. The highest BCUT2D eigenvalue weighted by Gasteiger charge is 2.15. The minimum atomic E-state index is -0.352. The minimum absolute atomic E-state index is 0.0182. The number of ether oxygens (including phenoxy) is 1. The van der Waals surface area contributed by atoms with Crippen LogP contribution in [0.25, 0.3) is 11.0 Å². The Kier molecular flexibility index (Phi) is 6.31. The van der Waals surface area contributed by atoms with Crippen LogP contribution < -0.4 is 10.4 Å². The zero-order chi connectivity index (χ0) is 18.4. The van der Waals surface area contributed by atoms with Gasteiger partial charge in [0.2, 0.25) is 0 Å². The maximum Gasteiger partial charge on any atom is 0.336 e. The van der Waals surface area contributed by atoms with Gasteiger partial charge in [-0.15, -0.1) is 0 Å². The van der Waals surface area contributed by atoms with Crippen LogP contribution in [-0.2, 0) is 11.2 Å². The zero-order valence-electron chi connectivity index (χ0n) is 15.5. The summed E-state index contributed by atoms with van der Waals surface area (Å²) in [4.78, 5) is 26.1. The molecule has 1 amide bonds. The van der Waals surface area contributed by atoms with E-state index in [4.69, 9.17) is 9.15 Å². The molecule has 1 fully saturated rings. The molecule has 1 aliphatic rings. The fourth-order valence-corrected chi connectivity index (χ4v) is 3.51. The normalized spacial score (nSPS) is 15.5. The topological polar surface area (TPSA) is 59.8 Å². The molecule has 0 bridgehead atoms. The highest BCUT2D eigenvalue weighted by atomic mass is 16.5. The predicted molar refractivity (Wildman–Crippen MR) is 102 cm³/mol. The van der Waals surface area contributed by atoms with Gasteiger partial charge in [0.05, 0.1) is 0 Å². The molecule has 1 aliphatic heterocycles. The number of benzene rings is 1. The van der Waals surface area contributed by atoms with Gasteiger partial charge in [-0.05, 0) is 37.0 Å². The first-order valence-electron chi connectivity index (χ1n) is 9.64. The number of carbonyl (C=O) groups is 1. The molecule has 0 unspecified atom stereocenters. The molecule has 26 heavy (non-hydrogen) atoms. The maximum absolute atomic E-state index is 12.4. The Balaban J connectivity index is 1.68. The van der Waals surface area contributed by atoms with Crippen molar-refractivity contribution in [3.05, 3.63) is 40.2 Å². The number of aryl methyl sites for hydroxylation is 1. The fourth-order valence-electron chi connectivity index (χ4n) is 3.51. The number of likely N-dealkylation sites (tertiary alicyclic amines) is 1. The summed E-state index contributed by atoms with van der Waals surface area (Å²) in [6.07, 6.45) is 7.56. The van der Waals surface area contributed by atoms with Gasteiger partial charge >= 0.3 is 5.63 Å². The van der Waals surface area contributed by atoms with Gasteiger partial charge in [0, 0.05) is 30.6 Å². The number of nitrogens with zero attached hydrogens (tertiary/aromatic N) is 1. The molecule has 1 saturated heterocycles. The molecule has 0 spiro atoms. The quantitative estimate of drug-likeness (QED) is 0.761. The summed E-state index contributed by atoms with van der Waals surface area (Å²) in [5.41, 5.74) is 1.15. The van der Waals surface area contributed by atoms with Crippen LogP contribution in [0.5, 0.6) is 5.75 Å². The third-order valence-electron chi connectivity index (χ3n) is 4.89. The van der Waals surface area contributed by atoms with Crippen molar-refractivity contribution in [1.29, 1.82) is 0 Å². The number of fused-ring (bicyclic) bond motifs is 1. The van der Waals surface area contributed by atoms with E-state index in [2.05, 4.69) is 6.92 Å². The van der Waals surface area contributed by atoms with Crippen LogP contribution in [0.2, 0.25) is 0 Å². The van der Waals surface area contributed by atoms with Crippen LogP contribution in [0.4, 0.5) is 0 Å². The molecule has 5 nitrogen and oxygen atoms in total. The van der Waals surface area contributed by atoms with E-state index in [9.17, 15) is 9.59 Å². The van der Waals surface area contributed by atoms with E-state index in [1.54, 1.807) is 12.1 Å². The Morgan fingerprint density at radius 1 is 1.12 bits per heavy atom. The number of hydrogen-bond acceptors (Lipinski definition) is 4. The summed E-state index contributed by atoms with van der Waals surface area (Å²) in [5.74, 6) is 0.572. The molecule has 2 heterocycles. The van der Waals surface area contributed by atoms with Gasteiger partial charge in [-0.25, -0.2) is 4.79 Å². The Morgan fingerprint density at radius 3 is 2.58 bits per heavy atom. The van der Waals surface area contributed by atoms with Crippen LogP contribution >= 0.6 is 0 Å². The van der Waals surface area contributed by atoms with Gasteiger partial charge in [0.25, 0.3) is 5.91 Å². The number of amides is 1. The first kappa shape index (κ1) is 18.5. The SMILES string of the molecule is CCCc1cc(=O)oc2cc(OCC(=O)N3CCCCCCC3)ccc12. The van der Waals surface area contributed by atoms with Gasteiger partial charge in [-0.1, -0.05) is 32.6 Å². The van der Waals surface area contributed by atoms with Crippen molar-refractivity contribution >= 4 is 16.9 Å². The Hall–Kier alpha value is -2.30. The van der Waals surface area contributed by atoms with Crippen LogP contribution in [0.1, 0.15) is 51.0 Å². The van der Waals surface area contributed by atoms with Gasteiger partial charge in [0.15, 0.2) is 6.61 Å². The Bertz CT molecular complexity index is 803. The third kappa shape index (κ3) is 4.65. The molecule has 140 valence electrons. The van der Waals surface area contributed by atoms with Crippen molar-refractivity contribution in [2.75, 3.05) is 19.7 Å². The second kappa shape index (κ2) is 8.88. The lowest BCUT2D eigenvalue weighted by Crippen LogP contribution is -2.37. The lowest BCUT2D eigenvalue weighted by Gasteiger charge is -2.24. The van der Waals surface area contributed by atoms with E-state index in [1.165, 1.54) is 19.3 Å². The predicted octanol–water partition coefficient (Wildman–Crippen LogP) is 3.92. The first-order chi connectivity index (χ1) is 12.7. The van der Waals surface area contributed by atoms with Crippen LogP contribution in [-0.4, -0.2) is 30.5 Å². The summed E-state index contributed by atoms with van der Waals surface area (Å²) in [7, 11) is 0. The van der Waals surface area contributed by atoms with E-state index in [1.807, 2.05) is 17.0 Å². The summed E-state index contributed by atoms with van der Waals surface area (Å²) in [6, 6.07) is 7.00. The van der Waals surface area contributed by atoms with Crippen molar-refractivity contribution in [1.82, 2.24) is 4.90 Å². The zero-order valence-corrected chi connectivity index (χ0v) is 15.5. The largest absolute Gasteiger partial charge is 0.484 e. The molecule has 3 rings (SSSR count). The fraction of sp³-hybridized carbons (Fsp3) is 0.524. The maximum atomic E-state index is 12.4. The van der Waals surface area contributed by atoms with Crippen molar-refractivity contribution < 1.29 is 13.9 Å². The van der Waals surface area contributed by atoms with Crippen LogP contribution in [0.15, 0.2) is 33.5 Å². The van der Waals surface area contributed by atoms with Crippen molar-refractivity contribution in [2.24, 2.45) is 0 Å². The average molecular weight is 357 g/mol. The monoisotopic (exact) mass is 357 g/mol. The average Bonchev–Trinajstić information content (AvgIpc) is 2.59. The molecule has 0 atom stereocenters. The summed E-state index contributed by atoms with van der Waals surface area (Å²) >= 11 is 0. The van der Waals surface area contributed by atoms with E-state index >= 15 is 0 Å². The van der Waals surface area contributed by atoms with E-state index in [-0.39, 0.29) is 18.1 Å². The van der Waals surface area contributed by atoms with Crippen molar-refractivity contribution in [2.45, 2.75) is 51.9 Å². The molecular formula is C21H27NO4. The summed E-state index contributed by atoms with van der Waals surface area (Å²) < 4.78 is 11.0. The summed E-state index contributed by atoms with van der Waals surface area (Å²) in [6.45, 7) is 3.73. The standard InChI is InChI=1S/C21H27NO4/c1-2-8-16-13-21(24)26-19-14-17(9-10-18(16)19)25-15-20(23)22-11-6-4-3-5-7-12-22/h9-10,13-14H,2-8,11-12,15H2,1H3. The molecule has 2 aromatic rings. The number of carbonyl (C=O) groups excluding carboxylic acids is 1. The molecular weight excluding hydrogens is 330 g/mol. The molecule has 1 aromatic carbocycles. The van der Waals surface area contributed by atoms with Crippen LogP contribution in [0, 0.1) is 0 Å². The third-order valence-corrected chi connectivity index (χ3v) is 4.89. The van der Waals surface area contributed by atoms with Gasteiger partial charge in [0.1, 0.15) is 11.3 Å². The van der Waals surface area contributed by atoms with Crippen molar-refractivity contribution in [3.8, 4) is 5.75 Å². The van der Waals surface area contributed by atoms with Gasteiger partial charge < -0.3 is 14.1 Å². The lowest BCUT2D eigenvalue weighted by molar-refractivity contribution is -0.133. The van der Waals surface area contributed by atoms with E-state index in [0.717, 1.165) is 49.7 Å². The molecule has 0 radical (unpaired) electrons. The molecule has 1 aromatic heterocycles. The minimum Gasteiger partial charge on any atom is -0.484 e. The lowest BCUT2D eigenvalue weighted by atomic mass is 10.1. The summed E-state index contributed by atoms with van der Waals surface area (Å²) in [5, 5.41) is 0.925. The Morgan fingerprint density at radius 2 is 1.85 bits per heavy atom. The number of rotatable bonds is 5. The van der Waals surface area contributed by atoms with E-state index in [0.29, 0.717) is 11.3 Å². The highest BCUT2D eigenvalue weighted by molar-refractivity contribution is 5.82. The molecule has 0 saturated carbocycles. The molecule has 5 heteroatoms. The first-order valence-corrected chi connectivity index (χ1v) is 9.64. The second-order valence-corrected chi connectivity index (χ2v) is 6.94. The highest BCUT2D eigenvalue weighted by Crippen LogP contribution is 2.23. The van der Waals surface area contributed by atoms with Gasteiger partial charge in [-0.3, -0.25) is 4.79 Å². The van der Waals surface area contributed by atoms with E-state index < -0.39 is 0 Å². The molecule has 0 N–H and O–H groups in total. The molecule has 0 aliphatic carbocycles. The smallest absolute Gasteiger partial charge is 0.336 e. The van der Waals surface area contributed by atoms with Gasteiger partial charge in [-0.2, -0.15) is 0 Å². The Labute approximate surface area is 153 Å². The number of hydrogen-bond donors (Lipinski definition) is 0. The van der Waals surface area contributed by atoms with Crippen LogP contribution in [0.3, 0.4) is 0 Å².